The normalized spacial score (nSPS) is 15.0. The van der Waals surface area contributed by atoms with E-state index in [0.29, 0.717) is 18.0 Å². The Morgan fingerprint density at radius 1 is 1.28 bits per heavy atom. The van der Waals surface area contributed by atoms with Gasteiger partial charge in [0.25, 0.3) is 0 Å². The third kappa shape index (κ3) is 4.10. The highest BCUT2D eigenvalue weighted by atomic mass is 16.5. The summed E-state index contributed by atoms with van der Waals surface area (Å²) in [7, 11) is 0. The Morgan fingerprint density at radius 2 is 2.12 bits per heavy atom. The quantitative estimate of drug-likeness (QED) is 0.873. The van der Waals surface area contributed by atoms with Crippen molar-refractivity contribution in [2.75, 3.05) is 11.9 Å². The molecule has 0 bridgehead atoms. The Kier molecular flexibility index (Phi) is 5.53. The molecular weight excluding hydrogens is 318 g/mol. The minimum absolute atomic E-state index is 0.224. The third-order valence-corrected chi connectivity index (χ3v) is 4.31. The topological polar surface area (TPSA) is 81.1 Å². The zero-order chi connectivity index (χ0) is 17.6. The number of carbonyl (C=O) groups is 1. The molecule has 2 heterocycles. The van der Waals surface area contributed by atoms with Gasteiger partial charge in [-0.1, -0.05) is 18.6 Å². The molecule has 2 aromatic rings. The Bertz CT molecular complexity index is 728. The maximum absolute atomic E-state index is 12.4. The highest BCUT2D eigenvalue weighted by Crippen LogP contribution is 2.24. The number of ether oxygens (including phenoxy) is 1. The van der Waals surface area contributed by atoms with Gasteiger partial charge in [-0.2, -0.15) is 0 Å². The third-order valence-electron chi connectivity index (χ3n) is 4.31. The lowest BCUT2D eigenvalue weighted by Gasteiger charge is -2.17. The number of nitrogens with zero attached hydrogens (tertiary/aromatic N) is 3. The van der Waals surface area contributed by atoms with Crippen molar-refractivity contribution in [3.8, 4) is 5.75 Å². The van der Waals surface area contributed by atoms with Gasteiger partial charge in [0.15, 0.2) is 5.82 Å². The van der Waals surface area contributed by atoms with E-state index < -0.39 is 0 Å². The summed E-state index contributed by atoms with van der Waals surface area (Å²) < 4.78 is 7.68. The fraction of sp³-hybridized carbons (Fsp3) is 0.500. The molecule has 25 heavy (non-hydrogen) atoms. The van der Waals surface area contributed by atoms with E-state index in [1.54, 1.807) is 0 Å². The summed E-state index contributed by atoms with van der Waals surface area (Å²) in [4.78, 5) is 12.4. The van der Waals surface area contributed by atoms with Crippen LogP contribution in [0.5, 0.6) is 5.75 Å². The molecule has 0 fully saturated rings. The monoisotopic (exact) mass is 343 g/mol. The molecule has 1 aromatic carbocycles. The number of carbonyl (C=O) groups excluding carboxylic acids is 1. The van der Waals surface area contributed by atoms with Gasteiger partial charge in [0.2, 0.25) is 0 Å². The molecule has 1 aliphatic heterocycles. The summed E-state index contributed by atoms with van der Waals surface area (Å²) in [6.07, 6.45) is 4.43. The van der Waals surface area contributed by atoms with Crippen LogP contribution in [0.25, 0.3) is 0 Å². The van der Waals surface area contributed by atoms with Gasteiger partial charge in [-0.15, -0.1) is 10.2 Å². The van der Waals surface area contributed by atoms with Crippen LogP contribution in [0.2, 0.25) is 0 Å². The molecule has 7 heteroatoms. The summed E-state index contributed by atoms with van der Waals surface area (Å²) in [6, 6.07) is 6.88. The number of amides is 2. The van der Waals surface area contributed by atoms with Crippen molar-refractivity contribution in [3.05, 3.63) is 35.9 Å². The zero-order valence-electron chi connectivity index (χ0n) is 14.8. The van der Waals surface area contributed by atoms with Crippen LogP contribution in [0.15, 0.2) is 24.3 Å². The van der Waals surface area contributed by atoms with Gasteiger partial charge in [0.05, 0.1) is 18.3 Å². The molecule has 0 saturated heterocycles. The maximum Gasteiger partial charge on any atom is 0.319 e. The smallest absolute Gasteiger partial charge is 0.319 e. The van der Waals surface area contributed by atoms with Crippen molar-refractivity contribution in [3.63, 3.8) is 0 Å². The molecule has 2 N–H and O–H groups in total. The van der Waals surface area contributed by atoms with Crippen molar-refractivity contribution in [2.24, 2.45) is 0 Å². The number of para-hydroxylation sites is 2. The van der Waals surface area contributed by atoms with Crippen LogP contribution in [-0.2, 0) is 13.0 Å². The first-order chi connectivity index (χ1) is 12.2. The van der Waals surface area contributed by atoms with Crippen molar-refractivity contribution < 1.29 is 9.53 Å². The van der Waals surface area contributed by atoms with Gasteiger partial charge >= 0.3 is 6.03 Å². The van der Waals surface area contributed by atoms with Crippen LogP contribution >= 0.6 is 0 Å². The minimum atomic E-state index is -0.286. The van der Waals surface area contributed by atoms with Crippen LogP contribution in [0, 0.1) is 0 Å². The minimum Gasteiger partial charge on any atom is -0.492 e. The van der Waals surface area contributed by atoms with Gasteiger partial charge in [0.1, 0.15) is 11.6 Å². The van der Waals surface area contributed by atoms with Crippen molar-refractivity contribution >= 4 is 11.7 Å². The second-order valence-corrected chi connectivity index (χ2v) is 6.19. The molecule has 1 aliphatic rings. The van der Waals surface area contributed by atoms with E-state index in [0.717, 1.165) is 37.5 Å². The number of benzene rings is 1. The van der Waals surface area contributed by atoms with Gasteiger partial charge in [-0.05, 0) is 38.8 Å². The molecule has 7 nitrogen and oxygen atoms in total. The van der Waals surface area contributed by atoms with Crippen molar-refractivity contribution in [1.29, 1.82) is 0 Å². The fourth-order valence-corrected chi connectivity index (χ4v) is 3.10. The molecule has 2 amide bonds. The van der Waals surface area contributed by atoms with Crippen LogP contribution in [-0.4, -0.2) is 27.4 Å². The van der Waals surface area contributed by atoms with E-state index in [1.807, 2.05) is 38.1 Å². The van der Waals surface area contributed by atoms with E-state index in [4.69, 9.17) is 4.74 Å². The van der Waals surface area contributed by atoms with E-state index >= 15 is 0 Å². The molecule has 0 saturated carbocycles. The van der Waals surface area contributed by atoms with Gasteiger partial charge in [-0.25, -0.2) is 4.79 Å². The number of anilines is 1. The summed E-state index contributed by atoms with van der Waals surface area (Å²) >= 11 is 0. The summed E-state index contributed by atoms with van der Waals surface area (Å²) in [5.41, 5.74) is 0.647. The number of hydrogen-bond donors (Lipinski definition) is 2. The Balaban J connectivity index is 1.66. The molecule has 0 unspecified atom stereocenters. The van der Waals surface area contributed by atoms with E-state index in [9.17, 15) is 4.79 Å². The maximum atomic E-state index is 12.4. The first kappa shape index (κ1) is 17.3. The number of fused-ring (bicyclic) bond motifs is 1. The van der Waals surface area contributed by atoms with Gasteiger partial charge in [0, 0.05) is 13.0 Å². The number of rotatable bonds is 5. The molecule has 0 aliphatic carbocycles. The standard InChI is InChI=1S/C18H25N5O2/c1-3-25-15-10-7-6-9-14(15)20-18(24)19-13(2)17-22-21-16-11-5-4-8-12-23(16)17/h6-7,9-10,13H,3-5,8,11-12H2,1-2H3,(H2,19,20,24)/t13-/m1/s1. The lowest BCUT2D eigenvalue weighted by atomic mass is 10.2. The number of urea groups is 1. The lowest BCUT2D eigenvalue weighted by Crippen LogP contribution is -2.32. The van der Waals surface area contributed by atoms with Crippen LogP contribution in [0.3, 0.4) is 0 Å². The molecule has 1 atom stereocenters. The second-order valence-electron chi connectivity index (χ2n) is 6.19. The van der Waals surface area contributed by atoms with E-state index in [-0.39, 0.29) is 12.1 Å². The summed E-state index contributed by atoms with van der Waals surface area (Å²) in [5, 5.41) is 14.4. The fourth-order valence-electron chi connectivity index (χ4n) is 3.10. The van der Waals surface area contributed by atoms with Crippen LogP contribution in [0.1, 0.15) is 50.8 Å². The van der Waals surface area contributed by atoms with Crippen molar-refractivity contribution in [2.45, 2.75) is 52.1 Å². The highest BCUT2D eigenvalue weighted by molar-refractivity contribution is 5.91. The highest BCUT2D eigenvalue weighted by Gasteiger charge is 2.20. The van der Waals surface area contributed by atoms with Gasteiger partial charge < -0.3 is 19.9 Å². The first-order valence-electron chi connectivity index (χ1n) is 8.90. The van der Waals surface area contributed by atoms with E-state index in [2.05, 4.69) is 25.4 Å². The molecule has 0 spiro atoms. The summed E-state index contributed by atoms with van der Waals surface area (Å²) in [6.45, 7) is 5.30. The predicted molar refractivity (Wildman–Crippen MR) is 95.8 cm³/mol. The Morgan fingerprint density at radius 3 is 2.96 bits per heavy atom. The number of hydrogen-bond acceptors (Lipinski definition) is 4. The van der Waals surface area contributed by atoms with Crippen molar-refractivity contribution in [1.82, 2.24) is 20.1 Å². The predicted octanol–water partition coefficient (Wildman–Crippen LogP) is 3.29. The molecule has 134 valence electrons. The number of aromatic nitrogens is 3. The van der Waals surface area contributed by atoms with Crippen LogP contribution < -0.4 is 15.4 Å². The molecule has 0 radical (unpaired) electrons. The molecular formula is C18H25N5O2. The molecule has 3 rings (SSSR count). The SMILES string of the molecule is CCOc1ccccc1NC(=O)N[C@H](C)c1nnc2n1CCCCC2. The average Bonchev–Trinajstić information content (AvgIpc) is 2.86. The Labute approximate surface area is 147 Å². The largest absolute Gasteiger partial charge is 0.492 e. The summed E-state index contributed by atoms with van der Waals surface area (Å²) in [5.74, 6) is 2.48. The second kappa shape index (κ2) is 8.00. The van der Waals surface area contributed by atoms with Crippen LogP contribution in [0.4, 0.5) is 10.5 Å². The lowest BCUT2D eigenvalue weighted by molar-refractivity contribution is 0.248. The number of nitrogens with one attached hydrogen (secondary N) is 2. The van der Waals surface area contributed by atoms with Gasteiger partial charge in [-0.3, -0.25) is 0 Å². The first-order valence-corrected chi connectivity index (χ1v) is 8.90. The molecule has 1 aromatic heterocycles. The zero-order valence-corrected chi connectivity index (χ0v) is 14.8. The number of aryl methyl sites for hydroxylation is 1. The Hall–Kier alpha value is -2.57. The average molecular weight is 343 g/mol. The van der Waals surface area contributed by atoms with E-state index in [1.165, 1.54) is 6.42 Å².